The van der Waals surface area contributed by atoms with Crippen LogP contribution in [0.2, 0.25) is 0 Å². The third kappa shape index (κ3) is 5.26. The van der Waals surface area contributed by atoms with Crippen molar-refractivity contribution in [2.24, 2.45) is 5.41 Å². The lowest BCUT2D eigenvalue weighted by Crippen LogP contribution is -2.54. The van der Waals surface area contributed by atoms with Crippen LogP contribution in [0.3, 0.4) is 0 Å². The van der Waals surface area contributed by atoms with Crippen LogP contribution in [0.25, 0.3) is 0 Å². The Hall–Kier alpha value is -2.41. The van der Waals surface area contributed by atoms with Gasteiger partial charge in [-0.1, -0.05) is 24.6 Å². The summed E-state index contributed by atoms with van der Waals surface area (Å²) in [7, 11) is 0. The number of ether oxygens (including phenoxy) is 1. The number of para-hydroxylation sites is 1. The third-order valence-corrected chi connectivity index (χ3v) is 7.20. The van der Waals surface area contributed by atoms with Crippen LogP contribution in [-0.2, 0) is 22.4 Å². The van der Waals surface area contributed by atoms with Crippen LogP contribution in [0.4, 0.5) is 0 Å². The zero-order chi connectivity index (χ0) is 21.7. The second-order valence-corrected chi connectivity index (χ2v) is 9.72. The van der Waals surface area contributed by atoms with Crippen LogP contribution in [-0.4, -0.2) is 47.9 Å². The van der Waals surface area contributed by atoms with Crippen LogP contribution in [0.1, 0.15) is 48.4 Å². The molecule has 1 atom stereocenters. The summed E-state index contributed by atoms with van der Waals surface area (Å²) in [6.45, 7) is 4.09. The van der Waals surface area contributed by atoms with E-state index in [1.807, 2.05) is 35.4 Å². The fraction of sp³-hybridized carbons (Fsp3) is 0.542. The Labute approximate surface area is 188 Å². The maximum atomic E-state index is 13.3. The molecule has 2 aliphatic heterocycles. The van der Waals surface area contributed by atoms with Gasteiger partial charge in [0.15, 0.2) is 0 Å². The van der Waals surface area contributed by atoms with E-state index in [9.17, 15) is 9.59 Å². The van der Waals surface area contributed by atoms with Crippen molar-refractivity contribution in [2.45, 2.75) is 51.9 Å². The van der Waals surface area contributed by atoms with Crippen LogP contribution in [0.5, 0.6) is 5.75 Å². The highest BCUT2D eigenvalue weighted by molar-refractivity contribution is 7.09. The number of hydrogen-bond donors (Lipinski definition) is 1. The molecule has 1 spiro atoms. The number of rotatable bonds is 2. The fourth-order valence-electron chi connectivity index (χ4n) is 4.75. The zero-order valence-electron chi connectivity index (χ0n) is 18.2. The number of hydrogen-bond acceptors (Lipinski definition) is 5. The molecule has 6 nitrogen and oxygen atoms in total. The van der Waals surface area contributed by atoms with E-state index >= 15 is 0 Å². The van der Waals surface area contributed by atoms with Crippen molar-refractivity contribution in [1.29, 1.82) is 0 Å². The number of nitrogens with zero attached hydrogens (tertiary/aromatic N) is 2. The molecule has 2 aliphatic rings. The zero-order valence-corrected chi connectivity index (χ0v) is 19.0. The van der Waals surface area contributed by atoms with Crippen LogP contribution >= 0.6 is 11.3 Å². The van der Waals surface area contributed by atoms with Crippen molar-refractivity contribution in [1.82, 2.24) is 15.2 Å². The van der Waals surface area contributed by atoms with Gasteiger partial charge in [0.1, 0.15) is 12.4 Å². The maximum absolute atomic E-state index is 13.3. The molecule has 1 N–H and O–H groups in total. The fourth-order valence-corrected chi connectivity index (χ4v) is 5.36. The van der Waals surface area contributed by atoms with Gasteiger partial charge in [-0.3, -0.25) is 9.59 Å². The first kappa shape index (κ1) is 21.8. The molecule has 0 bridgehead atoms. The van der Waals surface area contributed by atoms with E-state index in [1.165, 1.54) is 5.56 Å². The lowest BCUT2D eigenvalue weighted by Gasteiger charge is -2.42. The summed E-state index contributed by atoms with van der Waals surface area (Å²) in [5.74, 6) is 1.05. The summed E-state index contributed by atoms with van der Waals surface area (Å²) in [4.78, 5) is 32.5. The molecule has 4 rings (SSSR count). The van der Waals surface area contributed by atoms with Crippen LogP contribution in [0.15, 0.2) is 29.6 Å². The number of fused-ring (bicyclic) bond motifs is 1. The van der Waals surface area contributed by atoms with Crippen LogP contribution in [0, 0.1) is 12.3 Å². The summed E-state index contributed by atoms with van der Waals surface area (Å²) in [6, 6.07) is 8.15. The Morgan fingerprint density at radius 1 is 1.26 bits per heavy atom. The van der Waals surface area contributed by atoms with Gasteiger partial charge in [0.2, 0.25) is 11.8 Å². The van der Waals surface area contributed by atoms with E-state index in [-0.39, 0.29) is 11.8 Å². The van der Waals surface area contributed by atoms with Crippen molar-refractivity contribution in [3.8, 4) is 5.75 Å². The Kier molecular flexibility index (Phi) is 6.90. The first-order valence-corrected chi connectivity index (χ1v) is 12.1. The third-order valence-electron chi connectivity index (χ3n) is 6.38. The highest BCUT2D eigenvalue weighted by Crippen LogP contribution is 2.36. The standard InChI is InChI=1S/C24H31N3O3S/c1-18-26-20(16-31-18)15-22(28)27-13-6-11-24(17-27)10-5-4-8-19-7-2-3-9-21(19)30-14-12-25-23(24)29/h2-3,7,9,16H,4-6,8,10-15,17H2,1H3,(H,25,29). The van der Waals surface area contributed by atoms with Crippen LogP contribution < -0.4 is 10.1 Å². The second kappa shape index (κ2) is 9.81. The van der Waals surface area contributed by atoms with Crippen molar-refractivity contribution >= 4 is 23.2 Å². The highest BCUT2D eigenvalue weighted by atomic mass is 32.1. The molecule has 1 unspecified atom stereocenters. The van der Waals surface area contributed by atoms with E-state index in [0.29, 0.717) is 32.7 Å². The molecule has 1 aromatic heterocycles. The monoisotopic (exact) mass is 441 g/mol. The van der Waals surface area contributed by atoms with E-state index < -0.39 is 5.41 Å². The van der Waals surface area contributed by atoms with Gasteiger partial charge < -0.3 is 15.0 Å². The number of thiazole rings is 1. The van der Waals surface area contributed by atoms with E-state index in [2.05, 4.69) is 16.4 Å². The highest BCUT2D eigenvalue weighted by Gasteiger charge is 2.42. The molecule has 1 aromatic carbocycles. The minimum atomic E-state index is -0.509. The van der Waals surface area contributed by atoms with Gasteiger partial charge >= 0.3 is 0 Å². The molecular formula is C24H31N3O3S. The number of nitrogens with one attached hydrogen (secondary N) is 1. The molecule has 7 heteroatoms. The van der Waals surface area contributed by atoms with Crippen molar-refractivity contribution in [3.63, 3.8) is 0 Å². The number of carbonyl (C=O) groups is 2. The Morgan fingerprint density at radius 3 is 2.94 bits per heavy atom. The molecule has 2 amide bonds. The molecule has 1 saturated heterocycles. The largest absolute Gasteiger partial charge is 0.491 e. The van der Waals surface area contributed by atoms with Gasteiger partial charge in [0.25, 0.3) is 0 Å². The van der Waals surface area contributed by atoms with Crippen molar-refractivity contribution in [3.05, 3.63) is 45.9 Å². The maximum Gasteiger partial charge on any atom is 0.228 e. The average molecular weight is 442 g/mol. The lowest BCUT2D eigenvalue weighted by molar-refractivity contribution is -0.141. The summed E-state index contributed by atoms with van der Waals surface area (Å²) >= 11 is 1.57. The quantitative estimate of drug-likeness (QED) is 0.774. The molecule has 0 aliphatic carbocycles. The first-order chi connectivity index (χ1) is 15.1. The first-order valence-electron chi connectivity index (χ1n) is 11.2. The Bertz CT molecular complexity index is 928. The molecule has 0 radical (unpaired) electrons. The topological polar surface area (TPSA) is 71.5 Å². The van der Waals surface area contributed by atoms with Gasteiger partial charge in [-0.2, -0.15) is 0 Å². The molecule has 166 valence electrons. The molecule has 1 fully saturated rings. The average Bonchev–Trinajstić information content (AvgIpc) is 3.18. The normalized spacial score (nSPS) is 22.6. The minimum Gasteiger partial charge on any atom is -0.491 e. The number of piperidine rings is 1. The van der Waals surface area contributed by atoms with E-state index in [0.717, 1.165) is 55.0 Å². The number of aryl methyl sites for hydroxylation is 2. The predicted molar refractivity (Wildman–Crippen MR) is 121 cm³/mol. The summed E-state index contributed by atoms with van der Waals surface area (Å²) in [5.41, 5.74) is 1.54. The van der Waals surface area contributed by atoms with E-state index in [4.69, 9.17) is 4.74 Å². The number of carbonyl (C=O) groups excluding carboxylic acids is 2. The van der Waals surface area contributed by atoms with Gasteiger partial charge in [0.05, 0.1) is 29.1 Å². The van der Waals surface area contributed by atoms with Gasteiger partial charge in [-0.15, -0.1) is 11.3 Å². The molecule has 3 heterocycles. The molecule has 2 aromatic rings. The molecular weight excluding hydrogens is 410 g/mol. The van der Waals surface area contributed by atoms with Crippen molar-refractivity contribution in [2.75, 3.05) is 26.2 Å². The van der Waals surface area contributed by atoms with E-state index in [1.54, 1.807) is 11.3 Å². The number of aromatic nitrogens is 1. The lowest BCUT2D eigenvalue weighted by atomic mass is 9.74. The van der Waals surface area contributed by atoms with Gasteiger partial charge in [0, 0.05) is 18.5 Å². The van der Waals surface area contributed by atoms with Crippen molar-refractivity contribution < 1.29 is 14.3 Å². The number of likely N-dealkylation sites (tertiary alicyclic amines) is 1. The predicted octanol–water partition coefficient (Wildman–Crippen LogP) is 3.52. The number of amides is 2. The summed E-state index contributed by atoms with van der Waals surface area (Å²) < 4.78 is 5.93. The molecule has 31 heavy (non-hydrogen) atoms. The number of benzene rings is 1. The SMILES string of the molecule is Cc1nc(CC(=O)N2CCCC3(CCCCc4ccccc4OCCNC3=O)C2)cs1. The van der Waals surface area contributed by atoms with Gasteiger partial charge in [-0.05, 0) is 50.7 Å². The smallest absolute Gasteiger partial charge is 0.228 e. The summed E-state index contributed by atoms with van der Waals surface area (Å²) in [5, 5.41) is 6.02. The summed E-state index contributed by atoms with van der Waals surface area (Å²) in [6.07, 6.45) is 5.70. The minimum absolute atomic E-state index is 0.0620. The molecule has 0 saturated carbocycles. The Balaban J connectivity index is 1.45. The second-order valence-electron chi connectivity index (χ2n) is 8.65. The Morgan fingerprint density at radius 2 is 2.10 bits per heavy atom. The van der Waals surface area contributed by atoms with Gasteiger partial charge in [-0.25, -0.2) is 4.98 Å².